The van der Waals surface area contributed by atoms with E-state index < -0.39 is 0 Å². The molecular weight excluding hydrogens is 298 g/mol. The minimum atomic E-state index is -0.298. The van der Waals surface area contributed by atoms with Crippen LogP contribution in [0, 0.1) is 6.92 Å². The van der Waals surface area contributed by atoms with Gasteiger partial charge in [0.15, 0.2) is 0 Å². The molecule has 0 saturated heterocycles. The van der Waals surface area contributed by atoms with Crippen molar-refractivity contribution in [3.05, 3.63) is 39.9 Å². The standard InChI is InChI=1S/C13H12BrNO3/c1-8-5-9(3-4-11(8)18-2)7-15-12(16)6-10(14)13(15)17/h3-6H,7H2,1-2H3. The first-order valence-corrected chi connectivity index (χ1v) is 6.18. The number of imide groups is 1. The zero-order valence-electron chi connectivity index (χ0n) is 10.1. The number of hydrogen-bond acceptors (Lipinski definition) is 3. The van der Waals surface area contributed by atoms with Gasteiger partial charge in [0.1, 0.15) is 5.75 Å². The van der Waals surface area contributed by atoms with Crippen LogP contribution in [0.3, 0.4) is 0 Å². The van der Waals surface area contributed by atoms with E-state index in [0.717, 1.165) is 16.9 Å². The number of halogens is 1. The highest BCUT2D eigenvalue weighted by molar-refractivity contribution is 9.12. The van der Waals surface area contributed by atoms with E-state index in [1.54, 1.807) is 7.11 Å². The fraction of sp³-hybridized carbons (Fsp3) is 0.231. The van der Waals surface area contributed by atoms with E-state index in [0.29, 0.717) is 4.48 Å². The molecule has 0 spiro atoms. The second kappa shape index (κ2) is 4.94. The number of carbonyl (C=O) groups excluding carboxylic acids is 2. The lowest BCUT2D eigenvalue weighted by atomic mass is 10.1. The van der Waals surface area contributed by atoms with E-state index in [-0.39, 0.29) is 18.4 Å². The summed E-state index contributed by atoms with van der Waals surface area (Å²) in [4.78, 5) is 24.5. The summed E-state index contributed by atoms with van der Waals surface area (Å²) in [6.45, 7) is 2.19. The van der Waals surface area contributed by atoms with Crippen LogP contribution in [0.25, 0.3) is 0 Å². The number of hydrogen-bond donors (Lipinski definition) is 0. The van der Waals surface area contributed by atoms with Crippen molar-refractivity contribution in [3.8, 4) is 5.75 Å². The maximum atomic E-state index is 11.7. The third-order valence-electron chi connectivity index (χ3n) is 2.77. The molecule has 1 heterocycles. The van der Waals surface area contributed by atoms with Gasteiger partial charge in [-0.3, -0.25) is 14.5 Å². The van der Waals surface area contributed by atoms with Crippen LogP contribution in [0.1, 0.15) is 11.1 Å². The number of carbonyl (C=O) groups is 2. The van der Waals surface area contributed by atoms with Crippen LogP contribution in [0.4, 0.5) is 0 Å². The van der Waals surface area contributed by atoms with Crippen molar-refractivity contribution in [1.82, 2.24) is 4.90 Å². The summed E-state index contributed by atoms with van der Waals surface area (Å²) < 4.78 is 5.47. The van der Waals surface area contributed by atoms with Crippen LogP contribution in [-0.2, 0) is 16.1 Å². The Hall–Kier alpha value is -1.62. The van der Waals surface area contributed by atoms with Gasteiger partial charge >= 0.3 is 0 Å². The van der Waals surface area contributed by atoms with Gasteiger partial charge in [0.25, 0.3) is 11.8 Å². The summed E-state index contributed by atoms with van der Waals surface area (Å²) in [6.07, 6.45) is 1.29. The maximum Gasteiger partial charge on any atom is 0.268 e. The normalized spacial score (nSPS) is 15.1. The molecular formula is C13H12BrNO3. The van der Waals surface area contributed by atoms with Crippen LogP contribution in [0.2, 0.25) is 0 Å². The summed E-state index contributed by atoms with van der Waals surface area (Å²) >= 11 is 3.06. The SMILES string of the molecule is COc1ccc(CN2C(=O)C=C(Br)C2=O)cc1C. The molecule has 1 aliphatic rings. The van der Waals surface area contributed by atoms with Gasteiger partial charge in [-0.15, -0.1) is 0 Å². The molecule has 0 aromatic heterocycles. The quantitative estimate of drug-likeness (QED) is 0.804. The Kier molecular flexibility index (Phi) is 3.52. The van der Waals surface area contributed by atoms with E-state index in [9.17, 15) is 9.59 Å². The fourth-order valence-corrected chi connectivity index (χ4v) is 2.26. The lowest BCUT2D eigenvalue weighted by molar-refractivity contribution is -0.137. The number of benzene rings is 1. The predicted octanol–water partition coefficient (Wildman–Crippen LogP) is 2.15. The van der Waals surface area contributed by atoms with E-state index >= 15 is 0 Å². The first-order chi connectivity index (χ1) is 8.52. The minimum absolute atomic E-state index is 0.272. The third-order valence-corrected chi connectivity index (χ3v) is 3.33. The first kappa shape index (κ1) is 12.8. The van der Waals surface area contributed by atoms with Gasteiger partial charge in [-0.1, -0.05) is 12.1 Å². The van der Waals surface area contributed by atoms with Crippen molar-refractivity contribution < 1.29 is 14.3 Å². The summed E-state index contributed by atoms with van der Waals surface area (Å²) in [7, 11) is 1.61. The zero-order chi connectivity index (χ0) is 13.3. The molecule has 0 aliphatic carbocycles. The molecule has 0 fully saturated rings. The predicted molar refractivity (Wildman–Crippen MR) is 70.3 cm³/mol. The van der Waals surface area contributed by atoms with E-state index in [4.69, 9.17) is 4.74 Å². The summed E-state index contributed by atoms with van der Waals surface area (Å²) in [5, 5.41) is 0. The average molecular weight is 310 g/mol. The molecule has 0 radical (unpaired) electrons. The Balaban J connectivity index is 2.18. The molecule has 0 saturated carbocycles. The monoisotopic (exact) mass is 309 g/mol. The Labute approximate surface area is 113 Å². The molecule has 1 aromatic carbocycles. The minimum Gasteiger partial charge on any atom is -0.496 e. The lowest BCUT2D eigenvalue weighted by Crippen LogP contribution is -2.29. The summed E-state index contributed by atoms with van der Waals surface area (Å²) in [5.74, 6) is 0.200. The number of aryl methyl sites for hydroxylation is 1. The van der Waals surface area contributed by atoms with Crippen molar-refractivity contribution in [1.29, 1.82) is 0 Å². The smallest absolute Gasteiger partial charge is 0.268 e. The molecule has 0 atom stereocenters. The molecule has 0 unspecified atom stereocenters. The average Bonchev–Trinajstić information content (AvgIpc) is 2.56. The van der Waals surface area contributed by atoms with E-state index in [1.807, 2.05) is 25.1 Å². The van der Waals surface area contributed by atoms with Crippen molar-refractivity contribution in [2.24, 2.45) is 0 Å². The number of rotatable bonds is 3. The van der Waals surface area contributed by atoms with Crippen LogP contribution in [0.5, 0.6) is 5.75 Å². The van der Waals surface area contributed by atoms with Crippen molar-refractivity contribution >= 4 is 27.7 Å². The maximum absolute atomic E-state index is 11.7. The molecule has 5 heteroatoms. The highest BCUT2D eigenvalue weighted by Gasteiger charge is 2.29. The number of nitrogens with zero attached hydrogens (tertiary/aromatic N) is 1. The molecule has 18 heavy (non-hydrogen) atoms. The Bertz CT molecular complexity index is 551. The number of ether oxygens (including phenoxy) is 1. The Morgan fingerprint density at radius 3 is 2.56 bits per heavy atom. The lowest BCUT2D eigenvalue weighted by Gasteiger charge is -2.15. The van der Waals surface area contributed by atoms with Crippen LogP contribution in [-0.4, -0.2) is 23.8 Å². The second-order valence-electron chi connectivity index (χ2n) is 4.03. The highest BCUT2D eigenvalue weighted by atomic mass is 79.9. The molecule has 94 valence electrons. The Morgan fingerprint density at radius 2 is 2.06 bits per heavy atom. The van der Waals surface area contributed by atoms with Gasteiger partial charge < -0.3 is 4.74 Å². The topological polar surface area (TPSA) is 46.6 Å². The Morgan fingerprint density at radius 1 is 1.33 bits per heavy atom. The van der Waals surface area contributed by atoms with Gasteiger partial charge in [-0.2, -0.15) is 0 Å². The molecule has 1 aliphatic heterocycles. The van der Waals surface area contributed by atoms with E-state index in [1.165, 1.54) is 11.0 Å². The van der Waals surface area contributed by atoms with Gasteiger partial charge in [0.2, 0.25) is 0 Å². The van der Waals surface area contributed by atoms with Crippen LogP contribution < -0.4 is 4.74 Å². The van der Waals surface area contributed by atoms with Crippen LogP contribution in [0.15, 0.2) is 28.8 Å². The highest BCUT2D eigenvalue weighted by Crippen LogP contribution is 2.23. The summed E-state index contributed by atoms with van der Waals surface area (Å²) in [6, 6.07) is 5.59. The van der Waals surface area contributed by atoms with Gasteiger partial charge in [0.05, 0.1) is 18.1 Å². The molecule has 4 nitrogen and oxygen atoms in total. The molecule has 1 aromatic rings. The van der Waals surface area contributed by atoms with Crippen molar-refractivity contribution in [2.75, 3.05) is 7.11 Å². The van der Waals surface area contributed by atoms with Crippen LogP contribution >= 0.6 is 15.9 Å². The molecule has 2 amide bonds. The first-order valence-electron chi connectivity index (χ1n) is 5.39. The van der Waals surface area contributed by atoms with Crippen molar-refractivity contribution in [2.45, 2.75) is 13.5 Å². The zero-order valence-corrected chi connectivity index (χ0v) is 11.7. The largest absolute Gasteiger partial charge is 0.496 e. The summed E-state index contributed by atoms with van der Waals surface area (Å²) in [5.41, 5.74) is 1.87. The van der Waals surface area contributed by atoms with Gasteiger partial charge in [-0.05, 0) is 40.0 Å². The third kappa shape index (κ3) is 2.31. The van der Waals surface area contributed by atoms with Gasteiger partial charge in [-0.25, -0.2) is 0 Å². The van der Waals surface area contributed by atoms with Crippen molar-refractivity contribution in [3.63, 3.8) is 0 Å². The molecule has 0 bridgehead atoms. The second-order valence-corrected chi connectivity index (χ2v) is 4.88. The fourth-order valence-electron chi connectivity index (χ4n) is 1.85. The number of amides is 2. The molecule has 0 N–H and O–H groups in total. The number of methoxy groups -OCH3 is 1. The van der Waals surface area contributed by atoms with Gasteiger partial charge in [0, 0.05) is 6.08 Å². The van der Waals surface area contributed by atoms with E-state index in [2.05, 4.69) is 15.9 Å². The molecule has 2 rings (SSSR count).